The van der Waals surface area contributed by atoms with E-state index in [1.807, 2.05) is 0 Å². The minimum Gasteiger partial charge on any atom is -0.388 e. The number of aliphatic hydroxyl groups excluding tert-OH is 2. The Kier molecular flexibility index (Phi) is 4.05. The molecule has 0 spiro atoms. The minimum atomic E-state index is -1.20. The summed E-state index contributed by atoms with van der Waals surface area (Å²) in [7, 11) is 0. The van der Waals surface area contributed by atoms with E-state index in [-0.39, 0.29) is 4.70 Å². The maximum absolute atomic E-state index is 11.6. The molecule has 1 aromatic heterocycles. The van der Waals surface area contributed by atoms with Crippen molar-refractivity contribution in [1.29, 1.82) is 0 Å². The van der Waals surface area contributed by atoms with Gasteiger partial charge in [-0.2, -0.15) is 0 Å². The lowest BCUT2D eigenvalue weighted by Gasteiger charge is -2.17. The molecule has 1 aliphatic heterocycles. The van der Waals surface area contributed by atoms with Crippen molar-refractivity contribution < 1.29 is 19.7 Å². The summed E-state index contributed by atoms with van der Waals surface area (Å²) in [5, 5.41) is 19.3. The van der Waals surface area contributed by atoms with Gasteiger partial charge in [0.25, 0.3) is 5.56 Å². The van der Waals surface area contributed by atoms with Crippen LogP contribution in [0.1, 0.15) is 18.7 Å². The molecule has 4 atom stereocenters. The number of ether oxygens (including phenoxy) is 1. The third-order valence-corrected chi connectivity index (χ3v) is 2.90. The summed E-state index contributed by atoms with van der Waals surface area (Å²) < 4.78 is 6.37. The van der Waals surface area contributed by atoms with Crippen LogP contribution >= 0.6 is 0 Å². The predicted molar refractivity (Wildman–Crippen MR) is 60.2 cm³/mol. The van der Waals surface area contributed by atoms with E-state index < -0.39 is 35.8 Å². The summed E-state index contributed by atoms with van der Waals surface area (Å²) in [5.74, 6) is 0. The SMILES string of the molecule is Cc1cn(C2OC(C)C(O)C2O)c(=O)[nH]c1=O.F. The number of aryl methyl sites for hydroxylation is 1. The number of hydrogen-bond acceptors (Lipinski definition) is 5. The molecule has 4 unspecified atom stereocenters. The van der Waals surface area contributed by atoms with Crippen LogP contribution in [0.25, 0.3) is 0 Å². The van der Waals surface area contributed by atoms with Crippen LogP contribution in [-0.4, -0.2) is 38.1 Å². The van der Waals surface area contributed by atoms with E-state index >= 15 is 0 Å². The standard InChI is InChI=1S/C10H14N2O5.FH/c1-4-3-12(10(16)11-8(4)15)9-7(14)6(13)5(2)17-9;/h3,5-7,9,13-14H,1-2H3,(H,11,15,16);1H. The number of nitrogens with zero attached hydrogens (tertiary/aromatic N) is 1. The van der Waals surface area contributed by atoms with Crippen molar-refractivity contribution in [3.8, 4) is 0 Å². The van der Waals surface area contributed by atoms with Gasteiger partial charge in [-0.05, 0) is 13.8 Å². The Labute approximate surface area is 101 Å². The number of nitrogens with one attached hydrogen (secondary N) is 1. The molecule has 2 rings (SSSR count). The van der Waals surface area contributed by atoms with Gasteiger partial charge in [0.2, 0.25) is 0 Å². The number of H-pyrrole nitrogens is 1. The molecule has 18 heavy (non-hydrogen) atoms. The Balaban J connectivity index is 0.00000162. The van der Waals surface area contributed by atoms with Crippen molar-refractivity contribution in [3.63, 3.8) is 0 Å². The Morgan fingerprint density at radius 1 is 1.33 bits per heavy atom. The molecule has 0 bridgehead atoms. The van der Waals surface area contributed by atoms with Crippen LogP contribution in [0, 0.1) is 6.92 Å². The molecule has 3 N–H and O–H groups in total. The van der Waals surface area contributed by atoms with E-state index in [1.165, 1.54) is 13.1 Å². The Morgan fingerprint density at radius 3 is 2.44 bits per heavy atom. The zero-order valence-corrected chi connectivity index (χ0v) is 9.86. The first-order valence-corrected chi connectivity index (χ1v) is 5.25. The fraction of sp³-hybridized carbons (Fsp3) is 0.600. The second-order valence-corrected chi connectivity index (χ2v) is 4.19. The molecular formula is C10H15FN2O5. The molecule has 0 radical (unpaired) electrons. The average molecular weight is 262 g/mol. The van der Waals surface area contributed by atoms with Crippen LogP contribution in [0.3, 0.4) is 0 Å². The van der Waals surface area contributed by atoms with Crippen LogP contribution in [-0.2, 0) is 4.74 Å². The highest BCUT2D eigenvalue weighted by molar-refractivity contribution is 5.02. The summed E-state index contributed by atoms with van der Waals surface area (Å²) in [6, 6.07) is 0. The fourth-order valence-corrected chi connectivity index (χ4v) is 1.83. The van der Waals surface area contributed by atoms with E-state index in [9.17, 15) is 19.8 Å². The van der Waals surface area contributed by atoms with Crippen LogP contribution in [0.5, 0.6) is 0 Å². The molecule has 0 saturated carbocycles. The second-order valence-electron chi connectivity index (χ2n) is 4.19. The van der Waals surface area contributed by atoms with E-state index in [1.54, 1.807) is 6.92 Å². The largest absolute Gasteiger partial charge is 0.388 e. The fourth-order valence-electron chi connectivity index (χ4n) is 1.83. The van der Waals surface area contributed by atoms with Gasteiger partial charge >= 0.3 is 5.69 Å². The molecule has 1 aliphatic rings. The molecule has 1 saturated heterocycles. The van der Waals surface area contributed by atoms with E-state index in [2.05, 4.69) is 4.98 Å². The van der Waals surface area contributed by atoms with Crippen LogP contribution in [0.15, 0.2) is 15.8 Å². The van der Waals surface area contributed by atoms with Gasteiger partial charge in [0.05, 0.1) is 6.10 Å². The van der Waals surface area contributed by atoms with Gasteiger partial charge in [-0.25, -0.2) is 4.79 Å². The number of rotatable bonds is 1. The normalized spacial score (nSPS) is 31.1. The highest BCUT2D eigenvalue weighted by atomic mass is 19.0. The topological polar surface area (TPSA) is 105 Å². The molecule has 0 aromatic carbocycles. The molecule has 1 aromatic rings. The van der Waals surface area contributed by atoms with Crippen molar-refractivity contribution in [1.82, 2.24) is 9.55 Å². The molecule has 102 valence electrons. The molecule has 2 heterocycles. The first-order chi connectivity index (χ1) is 7.91. The summed E-state index contributed by atoms with van der Waals surface area (Å²) in [6.07, 6.45) is -2.51. The quantitative estimate of drug-likeness (QED) is 0.579. The van der Waals surface area contributed by atoms with Crippen molar-refractivity contribution in [3.05, 3.63) is 32.6 Å². The number of hydrogen-bond donors (Lipinski definition) is 3. The van der Waals surface area contributed by atoms with Gasteiger partial charge < -0.3 is 14.9 Å². The van der Waals surface area contributed by atoms with Crippen molar-refractivity contribution >= 4 is 0 Å². The van der Waals surface area contributed by atoms with Gasteiger partial charge in [0, 0.05) is 11.8 Å². The molecule has 8 heteroatoms. The van der Waals surface area contributed by atoms with Gasteiger partial charge in [0.1, 0.15) is 12.2 Å². The Hall–Kier alpha value is -1.51. The maximum Gasteiger partial charge on any atom is 0.330 e. The van der Waals surface area contributed by atoms with Gasteiger partial charge in [-0.1, -0.05) is 0 Å². The second kappa shape index (κ2) is 5.01. The smallest absolute Gasteiger partial charge is 0.330 e. The monoisotopic (exact) mass is 262 g/mol. The molecule has 0 aliphatic carbocycles. The maximum atomic E-state index is 11.6. The lowest BCUT2D eigenvalue weighted by molar-refractivity contribution is -0.0352. The Morgan fingerprint density at radius 2 is 1.94 bits per heavy atom. The lowest BCUT2D eigenvalue weighted by atomic mass is 10.1. The van der Waals surface area contributed by atoms with E-state index in [4.69, 9.17) is 4.74 Å². The third-order valence-electron chi connectivity index (χ3n) is 2.90. The third kappa shape index (κ3) is 2.22. The lowest BCUT2D eigenvalue weighted by Crippen LogP contribution is -2.38. The molecular weight excluding hydrogens is 247 g/mol. The summed E-state index contributed by atoms with van der Waals surface area (Å²) in [4.78, 5) is 24.9. The van der Waals surface area contributed by atoms with Crippen molar-refractivity contribution in [2.45, 2.75) is 38.4 Å². The first-order valence-electron chi connectivity index (χ1n) is 5.25. The zero-order valence-electron chi connectivity index (χ0n) is 9.86. The van der Waals surface area contributed by atoms with E-state index in [0.29, 0.717) is 5.56 Å². The summed E-state index contributed by atoms with van der Waals surface area (Å²) >= 11 is 0. The minimum absolute atomic E-state index is 0. The van der Waals surface area contributed by atoms with E-state index in [0.717, 1.165) is 4.57 Å². The highest BCUT2D eigenvalue weighted by Crippen LogP contribution is 2.27. The number of aromatic nitrogens is 2. The molecule has 7 nitrogen and oxygen atoms in total. The Bertz CT molecular complexity index is 540. The predicted octanol–water partition coefficient (Wildman–Crippen LogP) is -1.36. The number of aliphatic hydroxyl groups is 2. The summed E-state index contributed by atoms with van der Waals surface area (Å²) in [5.41, 5.74) is -0.826. The summed E-state index contributed by atoms with van der Waals surface area (Å²) in [6.45, 7) is 3.13. The van der Waals surface area contributed by atoms with Gasteiger partial charge in [0.15, 0.2) is 6.23 Å². The molecule has 1 fully saturated rings. The van der Waals surface area contributed by atoms with Crippen LogP contribution in [0.2, 0.25) is 0 Å². The zero-order chi connectivity index (χ0) is 12.7. The van der Waals surface area contributed by atoms with Crippen LogP contribution < -0.4 is 11.2 Å². The van der Waals surface area contributed by atoms with Gasteiger partial charge in [-0.15, -0.1) is 0 Å². The number of halogens is 1. The van der Waals surface area contributed by atoms with Gasteiger partial charge in [-0.3, -0.25) is 19.1 Å². The van der Waals surface area contributed by atoms with Crippen LogP contribution in [0.4, 0.5) is 4.70 Å². The van der Waals surface area contributed by atoms with Crippen molar-refractivity contribution in [2.24, 2.45) is 0 Å². The number of aromatic amines is 1. The highest BCUT2D eigenvalue weighted by Gasteiger charge is 2.41. The first kappa shape index (κ1) is 14.6. The molecule has 0 amide bonds. The van der Waals surface area contributed by atoms with Crippen molar-refractivity contribution in [2.75, 3.05) is 0 Å². The average Bonchev–Trinajstić information content (AvgIpc) is 2.51.